The summed E-state index contributed by atoms with van der Waals surface area (Å²) in [4.78, 5) is 0. The van der Waals surface area contributed by atoms with Crippen molar-refractivity contribution in [3.63, 3.8) is 0 Å². The van der Waals surface area contributed by atoms with E-state index in [2.05, 4.69) is 12.2 Å². The standard InChI is InChI=1S/C6H15NO/c1-5-6(2,7-3)8-4/h7H,5H2,1-4H3. The number of hydrogen-bond acceptors (Lipinski definition) is 2. The molecule has 1 atom stereocenters. The van der Waals surface area contributed by atoms with Crippen molar-refractivity contribution in [1.82, 2.24) is 5.32 Å². The molecule has 0 fully saturated rings. The van der Waals surface area contributed by atoms with Gasteiger partial charge in [0.1, 0.15) is 5.72 Å². The highest BCUT2D eigenvalue weighted by Crippen LogP contribution is 2.06. The summed E-state index contributed by atoms with van der Waals surface area (Å²) in [5.74, 6) is 0. The van der Waals surface area contributed by atoms with Gasteiger partial charge in [-0.25, -0.2) is 0 Å². The highest BCUT2D eigenvalue weighted by molar-refractivity contribution is 4.65. The van der Waals surface area contributed by atoms with Gasteiger partial charge in [0.25, 0.3) is 0 Å². The summed E-state index contributed by atoms with van der Waals surface area (Å²) in [7, 11) is 3.60. The summed E-state index contributed by atoms with van der Waals surface area (Å²) >= 11 is 0. The number of ether oxygens (including phenoxy) is 1. The average Bonchev–Trinajstić information content (AvgIpc) is 1.87. The normalized spacial score (nSPS) is 18.0. The fourth-order valence-corrected chi connectivity index (χ4v) is 0.423. The molecule has 0 rings (SSSR count). The molecule has 1 unspecified atom stereocenters. The van der Waals surface area contributed by atoms with Crippen LogP contribution in [-0.2, 0) is 4.74 Å². The van der Waals surface area contributed by atoms with Gasteiger partial charge in [0.2, 0.25) is 0 Å². The number of rotatable bonds is 3. The highest BCUT2D eigenvalue weighted by Gasteiger charge is 2.16. The van der Waals surface area contributed by atoms with Gasteiger partial charge in [-0.15, -0.1) is 0 Å². The third kappa shape index (κ3) is 1.80. The fraction of sp³-hybridized carbons (Fsp3) is 1.00. The molecular formula is C6H15NO. The van der Waals surface area contributed by atoms with Crippen molar-refractivity contribution < 1.29 is 4.74 Å². The van der Waals surface area contributed by atoms with E-state index in [1.54, 1.807) is 7.11 Å². The molecule has 0 aliphatic heterocycles. The van der Waals surface area contributed by atoms with E-state index in [0.717, 1.165) is 6.42 Å². The lowest BCUT2D eigenvalue weighted by atomic mass is 10.2. The zero-order valence-corrected chi connectivity index (χ0v) is 6.12. The first-order valence-electron chi connectivity index (χ1n) is 2.92. The monoisotopic (exact) mass is 117 g/mol. The molecule has 50 valence electrons. The summed E-state index contributed by atoms with van der Waals surface area (Å²) in [6.45, 7) is 4.10. The van der Waals surface area contributed by atoms with Gasteiger partial charge in [0.05, 0.1) is 0 Å². The molecule has 0 amide bonds. The second kappa shape index (κ2) is 3.05. The van der Waals surface area contributed by atoms with Crippen molar-refractivity contribution in [2.45, 2.75) is 26.0 Å². The third-order valence-electron chi connectivity index (χ3n) is 1.65. The molecule has 2 nitrogen and oxygen atoms in total. The molecule has 0 saturated carbocycles. The van der Waals surface area contributed by atoms with Crippen molar-refractivity contribution >= 4 is 0 Å². The van der Waals surface area contributed by atoms with E-state index in [9.17, 15) is 0 Å². The Balaban J connectivity index is 3.58. The van der Waals surface area contributed by atoms with Crippen LogP contribution in [0.2, 0.25) is 0 Å². The minimum Gasteiger partial charge on any atom is -0.364 e. The van der Waals surface area contributed by atoms with Crippen molar-refractivity contribution in [3.8, 4) is 0 Å². The maximum atomic E-state index is 5.12. The van der Waals surface area contributed by atoms with E-state index in [1.807, 2.05) is 14.0 Å². The molecular weight excluding hydrogens is 102 g/mol. The van der Waals surface area contributed by atoms with E-state index in [1.165, 1.54) is 0 Å². The quantitative estimate of drug-likeness (QED) is 0.556. The van der Waals surface area contributed by atoms with Crippen molar-refractivity contribution in [3.05, 3.63) is 0 Å². The van der Waals surface area contributed by atoms with Crippen LogP contribution >= 0.6 is 0 Å². The van der Waals surface area contributed by atoms with Gasteiger partial charge in [-0.05, 0) is 20.4 Å². The van der Waals surface area contributed by atoms with Gasteiger partial charge in [0, 0.05) is 7.11 Å². The topological polar surface area (TPSA) is 21.3 Å². The van der Waals surface area contributed by atoms with Crippen LogP contribution in [0.5, 0.6) is 0 Å². The summed E-state index contributed by atoms with van der Waals surface area (Å²) in [5, 5.41) is 3.06. The average molecular weight is 117 g/mol. The zero-order chi connectivity index (χ0) is 6.62. The zero-order valence-electron chi connectivity index (χ0n) is 6.12. The van der Waals surface area contributed by atoms with Crippen LogP contribution in [0.15, 0.2) is 0 Å². The molecule has 0 aromatic carbocycles. The minimum atomic E-state index is -0.125. The van der Waals surface area contributed by atoms with Crippen LogP contribution in [0.25, 0.3) is 0 Å². The van der Waals surface area contributed by atoms with Crippen LogP contribution in [0.1, 0.15) is 20.3 Å². The molecule has 0 aliphatic carbocycles. The van der Waals surface area contributed by atoms with Crippen molar-refractivity contribution in [2.24, 2.45) is 0 Å². The van der Waals surface area contributed by atoms with Gasteiger partial charge in [0.15, 0.2) is 0 Å². The van der Waals surface area contributed by atoms with E-state index < -0.39 is 0 Å². The molecule has 0 radical (unpaired) electrons. The van der Waals surface area contributed by atoms with Crippen molar-refractivity contribution in [2.75, 3.05) is 14.2 Å². The molecule has 0 saturated heterocycles. The van der Waals surface area contributed by atoms with Crippen LogP contribution in [0, 0.1) is 0 Å². The van der Waals surface area contributed by atoms with Crippen LogP contribution in [0.3, 0.4) is 0 Å². The second-order valence-corrected chi connectivity index (χ2v) is 2.04. The van der Waals surface area contributed by atoms with Crippen molar-refractivity contribution in [1.29, 1.82) is 0 Å². The molecule has 0 aromatic heterocycles. The predicted molar refractivity (Wildman–Crippen MR) is 34.8 cm³/mol. The number of nitrogens with one attached hydrogen (secondary N) is 1. The van der Waals surface area contributed by atoms with Crippen LogP contribution in [0.4, 0.5) is 0 Å². The SMILES string of the molecule is CCC(C)(NC)OC. The largest absolute Gasteiger partial charge is 0.364 e. The Morgan fingerprint density at radius 1 is 1.62 bits per heavy atom. The number of methoxy groups -OCH3 is 1. The second-order valence-electron chi connectivity index (χ2n) is 2.04. The van der Waals surface area contributed by atoms with Crippen LogP contribution < -0.4 is 5.32 Å². The lowest BCUT2D eigenvalue weighted by Gasteiger charge is -2.25. The molecule has 0 heterocycles. The predicted octanol–water partition coefficient (Wildman–Crippen LogP) is 0.978. The fourth-order valence-electron chi connectivity index (χ4n) is 0.423. The lowest BCUT2D eigenvalue weighted by Crippen LogP contribution is -2.40. The van der Waals surface area contributed by atoms with E-state index in [-0.39, 0.29) is 5.72 Å². The van der Waals surface area contributed by atoms with Gasteiger partial charge in [-0.1, -0.05) is 6.92 Å². The first-order chi connectivity index (χ1) is 3.68. The Morgan fingerprint density at radius 3 is 2.12 bits per heavy atom. The van der Waals surface area contributed by atoms with Gasteiger partial charge < -0.3 is 4.74 Å². The Kier molecular flexibility index (Phi) is 3.02. The van der Waals surface area contributed by atoms with Gasteiger partial charge in [-0.3, -0.25) is 5.32 Å². The maximum absolute atomic E-state index is 5.12. The first-order valence-corrected chi connectivity index (χ1v) is 2.92. The van der Waals surface area contributed by atoms with E-state index in [4.69, 9.17) is 4.74 Å². The minimum absolute atomic E-state index is 0.125. The van der Waals surface area contributed by atoms with E-state index in [0.29, 0.717) is 0 Å². The Labute approximate surface area is 51.2 Å². The van der Waals surface area contributed by atoms with E-state index >= 15 is 0 Å². The molecule has 0 aromatic rings. The molecule has 1 N–H and O–H groups in total. The molecule has 2 heteroatoms. The summed E-state index contributed by atoms with van der Waals surface area (Å²) < 4.78 is 5.12. The molecule has 0 aliphatic rings. The molecule has 0 spiro atoms. The Bertz CT molecular complexity index is 51.3. The summed E-state index contributed by atoms with van der Waals surface area (Å²) in [6.07, 6.45) is 0.986. The molecule has 8 heavy (non-hydrogen) atoms. The number of hydrogen-bond donors (Lipinski definition) is 1. The molecule has 0 bridgehead atoms. The van der Waals surface area contributed by atoms with Gasteiger partial charge >= 0.3 is 0 Å². The first kappa shape index (κ1) is 7.92. The summed E-state index contributed by atoms with van der Waals surface area (Å²) in [5.41, 5.74) is -0.125. The van der Waals surface area contributed by atoms with Gasteiger partial charge in [-0.2, -0.15) is 0 Å². The smallest absolute Gasteiger partial charge is 0.115 e. The summed E-state index contributed by atoms with van der Waals surface area (Å²) in [6, 6.07) is 0. The highest BCUT2D eigenvalue weighted by atomic mass is 16.5. The van der Waals surface area contributed by atoms with Crippen LogP contribution in [-0.4, -0.2) is 19.9 Å². The Morgan fingerprint density at radius 2 is 2.12 bits per heavy atom. The Hall–Kier alpha value is -0.0800. The maximum Gasteiger partial charge on any atom is 0.115 e. The third-order valence-corrected chi connectivity index (χ3v) is 1.65. The lowest BCUT2D eigenvalue weighted by molar-refractivity contribution is -0.0201.